The molecule has 1 fully saturated rings. The molecule has 76 valence electrons. The molecular formula is C10H10ClFO2. The molecular weight excluding hydrogens is 207 g/mol. The van der Waals surface area contributed by atoms with Gasteiger partial charge < -0.3 is 10.2 Å². The highest BCUT2D eigenvalue weighted by Crippen LogP contribution is 2.51. The van der Waals surface area contributed by atoms with Gasteiger partial charge in [0.25, 0.3) is 0 Å². The molecule has 2 nitrogen and oxygen atoms in total. The molecule has 2 rings (SSSR count). The number of hydrogen-bond acceptors (Lipinski definition) is 2. The predicted octanol–water partition coefficient (Wildman–Crippen LogP) is 2.47. The molecule has 0 spiro atoms. The average Bonchev–Trinajstić information content (AvgIpc) is 2.81. The Morgan fingerprint density at radius 1 is 1.50 bits per heavy atom. The van der Waals surface area contributed by atoms with E-state index >= 15 is 0 Å². The summed E-state index contributed by atoms with van der Waals surface area (Å²) in [5.74, 6) is -1.26. The van der Waals surface area contributed by atoms with Gasteiger partial charge >= 0.3 is 0 Å². The van der Waals surface area contributed by atoms with E-state index in [1.807, 2.05) is 0 Å². The summed E-state index contributed by atoms with van der Waals surface area (Å²) in [6.07, 6.45) is 1.09. The van der Waals surface area contributed by atoms with Crippen molar-refractivity contribution < 1.29 is 14.6 Å². The third-order valence-electron chi connectivity index (χ3n) is 2.64. The highest BCUT2D eigenvalue weighted by molar-refractivity contribution is 6.31. The molecule has 0 aromatic heterocycles. The smallest absolute Gasteiger partial charge is 0.166 e. The lowest BCUT2D eigenvalue weighted by Crippen LogP contribution is -2.08. The standard InChI is InChI=1S/C10H10ClFO2/c1-5-6(11)4-7(12)9(13)8(5)10(14)2-3-10/h4,13-14H,2-3H2,1H3. The first-order chi connectivity index (χ1) is 6.46. The summed E-state index contributed by atoms with van der Waals surface area (Å²) in [6, 6.07) is 1.06. The van der Waals surface area contributed by atoms with E-state index in [4.69, 9.17) is 11.6 Å². The van der Waals surface area contributed by atoms with E-state index in [0.717, 1.165) is 6.07 Å². The van der Waals surface area contributed by atoms with Crippen molar-refractivity contribution in [2.24, 2.45) is 0 Å². The van der Waals surface area contributed by atoms with Gasteiger partial charge in [-0.15, -0.1) is 0 Å². The van der Waals surface area contributed by atoms with Crippen molar-refractivity contribution in [2.45, 2.75) is 25.4 Å². The lowest BCUT2D eigenvalue weighted by atomic mass is 10.00. The van der Waals surface area contributed by atoms with Crippen LogP contribution in [-0.2, 0) is 5.60 Å². The first-order valence-electron chi connectivity index (χ1n) is 4.36. The number of rotatable bonds is 1. The molecule has 1 saturated carbocycles. The second-order valence-corrected chi connectivity index (χ2v) is 4.13. The van der Waals surface area contributed by atoms with Crippen molar-refractivity contribution in [1.29, 1.82) is 0 Å². The lowest BCUT2D eigenvalue weighted by Gasteiger charge is -2.15. The highest BCUT2D eigenvalue weighted by Gasteiger charge is 2.46. The van der Waals surface area contributed by atoms with Crippen molar-refractivity contribution in [3.63, 3.8) is 0 Å². The Morgan fingerprint density at radius 3 is 2.57 bits per heavy atom. The molecule has 1 aliphatic carbocycles. The van der Waals surface area contributed by atoms with Crippen LogP contribution in [0.5, 0.6) is 5.75 Å². The Morgan fingerprint density at radius 2 is 2.07 bits per heavy atom. The van der Waals surface area contributed by atoms with Gasteiger partial charge in [-0.2, -0.15) is 0 Å². The van der Waals surface area contributed by atoms with Gasteiger partial charge in [0.1, 0.15) is 0 Å². The van der Waals surface area contributed by atoms with Crippen molar-refractivity contribution in [2.75, 3.05) is 0 Å². The molecule has 0 radical (unpaired) electrons. The third-order valence-corrected chi connectivity index (χ3v) is 3.03. The summed E-state index contributed by atoms with van der Waals surface area (Å²) in [7, 11) is 0. The highest BCUT2D eigenvalue weighted by atomic mass is 35.5. The molecule has 0 aliphatic heterocycles. The summed E-state index contributed by atoms with van der Waals surface area (Å²) >= 11 is 5.76. The zero-order valence-electron chi connectivity index (χ0n) is 7.64. The van der Waals surface area contributed by atoms with E-state index in [1.165, 1.54) is 0 Å². The lowest BCUT2D eigenvalue weighted by molar-refractivity contribution is 0.146. The fourth-order valence-corrected chi connectivity index (χ4v) is 1.83. The Hall–Kier alpha value is -0.800. The quantitative estimate of drug-likeness (QED) is 0.757. The minimum atomic E-state index is -1.07. The Labute approximate surface area is 85.9 Å². The second-order valence-electron chi connectivity index (χ2n) is 3.72. The predicted molar refractivity (Wildman–Crippen MR) is 50.9 cm³/mol. The van der Waals surface area contributed by atoms with E-state index in [2.05, 4.69) is 0 Å². The van der Waals surface area contributed by atoms with Gasteiger partial charge in [0, 0.05) is 10.6 Å². The molecule has 0 heterocycles. The van der Waals surface area contributed by atoms with Gasteiger partial charge in [-0.3, -0.25) is 0 Å². The van der Waals surface area contributed by atoms with Crippen LogP contribution in [0.15, 0.2) is 6.07 Å². The number of benzene rings is 1. The van der Waals surface area contributed by atoms with E-state index < -0.39 is 17.2 Å². The third kappa shape index (κ3) is 1.28. The summed E-state index contributed by atoms with van der Waals surface area (Å²) in [6.45, 7) is 1.66. The molecule has 4 heteroatoms. The van der Waals surface area contributed by atoms with E-state index in [1.54, 1.807) is 6.92 Å². The Balaban J connectivity index is 2.68. The summed E-state index contributed by atoms with van der Waals surface area (Å²) < 4.78 is 13.1. The molecule has 1 aromatic rings. The number of halogens is 2. The maximum absolute atomic E-state index is 13.1. The van der Waals surface area contributed by atoms with Gasteiger partial charge in [0.2, 0.25) is 0 Å². The number of phenols is 1. The minimum absolute atomic E-state index is 0.232. The van der Waals surface area contributed by atoms with Crippen LogP contribution >= 0.6 is 11.6 Å². The molecule has 0 atom stereocenters. The fourth-order valence-electron chi connectivity index (χ4n) is 1.64. The minimum Gasteiger partial charge on any atom is -0.505 e. The molecule has 1 aromatic carbocycles. The van der Waals surface area contributed by atoms with E-state index in [-0.39, 0.29) is 10.6 Å². The molecule has 1 aliphatic rings. The van der Waals surface area contributed by atoms with Crippen LogP contribution in [0.3, 0.4) is 0 Å². The number of aliphatic hydroxyl groups is 1. The van der Waals surface area contributed by atoms with E-state index in [0.29, 0.717) is 18.4 Å². The largest absolute Gasteiger partial charge is 0.505 e. The topological polar surface area (TPSA) is 40.5 Å². The maximum Gasteiger partial charge on any atom is 0.166 e. The monoisotopic (exact) mass is 216 g/mol. The number of phenolic OH excluding ortho intramolecular Hbond substituents is 1. The summed E-state index contributed by atoms with van der Waals surface area (Å²) in [4.78, 5) is 0. The fraction of sp³-hybridized carbons (Fsp3) is 0.400. The maximum atomic E-state index is 13.1. The van der Waals surface area contributed by atoms with Crippen molar-refractivity contribution in [3.05, 3.63) is 28.0 Å². The summed E-state index contributed by atoms with van der Waals surface area (Å²) in [5.41, 5.74) is -0.284. The first-order valence-corrected chi connectivity index (χ1v) is 4.74. The summed E-state index contributed by atoms with van der Waals surface area (Å²) in [5, 5.41) is 19.5. The number of aromatic hydroxyl groups is 1. The van der Waals surface area contributed by atoms with Gasteiger partial charge in [0.05, 0.1) is 5.60 Å². The van der Waals surface area contributed by atoms with Crippen LogP contribution in [0.4, 0.5) is 4.39 Å². The van der Waals surface area contributed by atoms with Gasteiger partial charge in [-0.25, -0.2) is 4.39 Å². The van der Waals surface area contributed by atoms with Crippen LogP contribution in [0.1, 0.15) is 24.0 Å². The molecule has 0 saturated heterocycles. The Kier molecular flexibility index (Phi) is 1.98. The second kappa shape index (κ2) is 2.84. The van der Waals surface area contributed by atoms with Crippen molar-refractivity contribution >= 4 is 11.6 Å². The van der Waals surface area contributed by atoms with Gasteiger partial charge in [-0.05, 0) is 31.4 Å². The first kappa shape index (κ1) is 9.74. The SMILES string of the molecule is Cc1c(Cl)cc(F)c(O)c1C1(O)CC1. The number of hydrogen-bond donors (Lipinski definition) is 2. The van der Waals surface area contributed by atoms with Gasteiger partial charge in [-0.1, -0.05) is 11.6 Å². The van der Waals surface area contributed by atoms with Crippen LogP contribution in [-0.4, -0.2) is 10.2 Å². The van der Waals surface area contributed by atoms with Crippen LogP contribution in [0, 0.1) is 12.7 Å². The van der Waals surface area contributed by atoms with Crippen molar-refractivity contribution in [1.82, 2.24) is 0 Å². The van der Waals surface area contributed by atoms with Crippen LogP contribution in [0.2, 0.25) is 5.02 Å². The molecule has 14 heavy (non-hydrogen) atoms. The van der Waals surface area contributed by atoms with Gasteiger partial charge in [0.15, 0.2) is 11.6 Å². The Bertz CT molecular complexity index is 373. The molecule has 2 N–H and O–H groups in total. The van der Waals surface area contributed by atoms with Crippen molar-refractivity contribution in [3.8, 4) is 5.75 Å². The molecule has 0 unspecified atom stereocenters. The van der Waals surface area contributed by atoms with E-state index in [9.17, 15) is 14.6 Å². The van der Waals surface area contributed by atoms with Crippen LogP contribution in [0.25, 0.3) is 0 Å². The normalized spacial score (nSPS) is 18.3. The molecule has 0 amide bonds. The average molecular weight is 217 g/mol. The zero-order valence-corrected chi connectivity index (χ0v) is 8.40. The van der Waals surface area contributed by atoms with Crippen LogP contribution < -0.4 is 0 Å². The molecule has 0 bridgehead atoms. The zero-order chi connectivity index (χ0) is 10.5.